The van der Waals surface area contributed by atoms with Crippen LogP contribution in [0, 0.1) is 3.57 Å². The number of benzene rings is 2. The third kappa shape index (κ3) is 4.80. The van der Waals surface area contributed by atoms with Crippen LogP contribution in [-0.4, -0.2) is 5.91 Å². The largest absolute Gasteiger partial charge is 0.325 e. The summed E-state index contributed by atoms with van der Waals surface area (Å²) in [6.45, 7) is 0. The first-order valence-corrected chi connectivity index (χ1v) is 7.89. The summed E-state index contributed by atoms with van der Waals surface area (Å²) in [6.07, 6.45) is 2.24. The van der Waals surface area contributed by atoms with E-state index in [1.807, 2.05) is 48.5 Å². The lowest BCUT2D eigenvalue weighted by atomic mass is 10.1. The molecule has 0 atom stereocenters. The second-order valence-electron chi connectivity index (χ2n) is 4.51. The summed E-state index contributed by atoms with van der Waals surface area (Å²) in [4.78, 5) is 11.9. The molecule has 0 bridgehead atoms. The first-order chi connectivity index (χ1) is 9.65. The molecule has 1 amide bonds. The second-order valence-corrected chi connectivity index (χ2v) is 6.11. The zero-order chi connectivity index (χ0) is 14.4. The van der Waals surface area contributed by atoms with Crippen molar-refractivity contribution in [3.63, 3.8) is 0 Å². The SMILES string of the molecule is O=C(CCCc1ccc(Cl)cc1)Nc1ccccc1I. The van der Waals surface area contributed by atoms with Crippen molar-refractivity contribution in [2.45, 2.75) is 19.3 Å². The summed E-state index contributed by atoms with van der Waals surface area (Å²) in [5.74, 6) is 0.0584. The Hall–Kier alpha value is -1.07. The molecule has 20 heavy (non-hydrogen) atoms. The van der Waals surface area contributed by atoms with Crippen molar-refractivity contribution in [3.8, 4) is 0 Å². The van der Waals surface area contributed by atoms with E-state index in [0.29, 0.717) is 6.42 Å². The van der Waals surface area contributed by atoms with Crippen LogP contribution in [0.2, 0.25) is 5.02 Å². The Bertz CT molecular complexity index is 583. The van der Waals surface area contributed by atoms with Crippen molar-refractivity contribution in [1.29, 1.82) is 0 Å². The molecule has 2 nitrogen and oxygen atoms in total. The van der Waals surface area contributed by atoms with Crippen LogP contribution in [0.4, 0.5) is 5.69 Å². The number of hydrogen-bond acceptors (Lipinski definition) is 1. The Labute approximate surface area is 137 Å². The summed E-state index contributed by atoms with van der Waals surface area (Å²) in [5.41, 5.74) is 2.08. The minimum Gasteiger partial charge on any atom is -0.325 e. The van der Waals surface area contributed by atoms with Crippen molar-refractivity contribution in [1.82, 2.24) is 0 Å². The highest BCUT2D eigenvalue weighted by Gasteiger charge is 2.05. The van der Waals surface area contributed by atoms with Crippen molar-refractivity contribution in [2.24, 2.45) is 0 Å². The number of carbonyl (C=O) groups is 1. The Morgan fingerprint density at radius 2 is 1.80 bits per heavy atom. The summed E-state index contributed by atoms with van der Waals surface area (Å²) < 4.78 is 1.05. The second kappa shape index (κ2) is 7.64. The van der Waals surface area contributed by atoms with Crippen molar-refractivity contribution >= 4 is 45.8 Å². The molecule has 104 valence electrons. The highest BCUT2D eigenvalue weighted by atomic mass is 127. The normalized spacial score (nSPS) is 10.3. The third-order valence-corrected chi connectivity index (χ3v) is 4.12. The topological polar surface area (TPSA) is 29.1 Å². The lowest BCUT2D eigenvalue weighted by Gasteiger charge is -2.07. The monoisotopic (exact) mass is 399 g/mol. The molecule has 0 radical (unpaired) electrons. The van der Waals surface area contributed by atoms with Gasteiger partial charge in [-0.3, -0.25) is 4.79 Å². The molecule has 0 unspecified atom stereocenters. The molecule has 0 aliphatic carbocycles. The van der Waals surface area contributed by atoms with Gasteiger partial charge in [0, 0.05) is 15.0 Å². The number of anilines is 1. The van der Waals surface area contributed by atoms with E-state index >= 15 is 0 Å². The third-order valence-electron chi connectivity index (χ3n) is 2.93. The molecule has 2 aromatic rings. The number of hydrogen-bond donors (Lipinski definition) is 1. The van der Waals surface area contributed by atoms with Crippen LogP contribution in [0.25, 0.3) is 0 Å². The highest BCUT2D eigenvalue weighted by molar-refractivity contribution is 14.1. The first-order valence-electron chi connectivity index (χ1n) is 6.44. The van der Waals surface area contributed by atoms with E-state index < -0.39 is 0 Å². The van der Waals surface area contributed by atoms with E-state index in [4.69, 9.17) is 11.6 Å². The van der Waals surface area contributed by atoms with Crippen molar-refractivity contribution in [2.75, 3.05) is 5.32 Å². The molecule has 0 aliphatic rings. The van der Waals surface area contributed by atoms with E-state index in [2.05, 4.69) is 27.9 Å². The molecule has 2 rings (SSSR count). The Morgan fingerprint density at radius 3 is 2.50 bits per heavy atom. The van der Waals surface area contributed by atoms with Crippen molar-refractivity contribution < 1.29 is 4.79 Å². The molecular formula is C16H15ClINO. The molecule has 0 saturated heterocycles. The maximum Gasteiger partial charge on any atom is 0.224 e. The van der Waals surface area contributed by atoms with Gasteiger partial charge in [-0.2, -0.15) is 0 Å². The fourth-order valence-electron chi connectivity index (χ4n) is 1.88. The molecule has 2 aromatic carbocycles. The molecule has 0 aliphatic heterocycles. The number of rotatable bonds is 5. The molecule has 0 saturated carbocycles. The van der Waals surface area contributed by atoms with Gasteiger partial charge in [0.25, 0.3) is 0 Å². The fourth-order valence-corrected chi connectivity index (χ4v) is 2.53. The summed E-state index contributed by atoms with van der Waals surface area (Å²) in [7, 11) is 0. The smallest absolute Gasteiger partial charge is 0.224 e. The van der Waals surface area contributed by atoms with Crippen LogP contribution in [0.5, 0.6) is 0 Å². The zero-order valence-electron chi connectivity index (χ0n) is 10.9. The predicted octanol–water partition coefficient (Wildman–Crippen LogP) is 4.91. The van der Waals surface area contributed by atoms with Gasteiger partial charge in [0.1, 0.15) is 0 Å². The molecule has 0 heterocycles. The quantitative estimate of drug-likeness (QED) is 0.712. The van der Waals surface area contributed by atoms with E-state index in [1.54, 1.807) is 0 Å². The predicted molar refractivity (Wildman–Crippen MR) is 92.2 cm³/mol. The van der Waals surface area contributed by atoms with Gasteiger partial charge in [0.2, 0.25) is 5.91 Å². The highest BCUT2D eigenvalue weighted by Crippen LogP contribution is 2.17. The zero-order valence-corrected chi connectivity index (χ0v) is 13.8. The number of carbonyl (C=O) groups excluding carboxylic acids is 1. The van der Waals surface area contributed by atoms with E-state index in [9.17, 15) is 4.79 Å². The summed E-state index contributed by atoms with van der Waals surface area (Å²) in [6, 6.07) is 15.5. The van der Waals surface area contributed by atoms with Crippen molar-refractivity contribution in [3.05, 3.63) is 62.7 Å². The minimum atomic E-state index is 0.0584. The molecule has 4 heteroatoms. The average Bonchev–Trinajstić information content (AvgIpc) is 2.44. The number of amides is 1. The fraction of sp³-hybridized carbons (Fsp3) is 0.188. The molecule has 1 N–H and O–H groups in total. The van der Waals surface area contributed by atoms with Gasteiger partial charge in [-0.1, -0.05) is 35.9 Å². The molecule has 0 spiro atoms. The van der Waals surface area contributed by atoms with Crippen LogP contribution in [-0.2, 0) is 11.2 Å². The Kier molecular flexibility index (Phi) is 5.86. The lowest BCUT2D eigenvalue weighted by Crippen LogP contribution is -2.12. The molecule has 0 aromatic heterocycles. The Balaban J connectivity index is 1.78. The maximum atomic E-state index is 11.9. The maximum absolute atomic E-state index is 11.9. The van der Waals surface area contributed by atoms with Crippen LogP contribution >= 0.6 is 34.2 Å². The van der Waals surface area contributed by atoms with Crippen LogP contribution in [0.15, 0.2) is 48.5 Å². The van der Waals surface area contributed by atoms with Gasteiger partial charge in [-0.15, -0.1) is 0 Å². The molecule has 0 fully saturated rings. The first kappa shape index (κ1) is 15.3. The lowest BCUT2D eigenvalue weighted by molar-refractivity contribution is -0.116. The van der Waals surface area contributed by atoms with E-state index in [-0.39, 0.29) is 5.91 Å². The van der Waals surface area contributed by atoms with E-state index in [0.717, 1.165) is 27.1 Å². The van der Waals surface area contributed by atoms with E-state index in [1.165, 1.54) is 5.56 Å². The van der Waals surface area contributed by atoms with Gasteiger partial charge in [0.05, 0.1) is 5.69 Å². The van der Waals surface area contributed by atoms with Crippen LogP contribution < -0.4 is 5.32 Å². The van der Waals surface area contributed by atoms with Crippen LogP contribution in [0.1, 0.15) is 18.4 Å². The van der Waals surface area contributed by atoms with Gasteiger partial charge in [-0.05, 0) is 65.3 Å². The molecular weight excluding hydrogens is 385 g/mol. The van der Waals surface area contributed by atoms with Gasteiger partial charge >= 0.3 is 0 Å². The summed E-state index contributed by atoms with van der Waals surface area (Å²) in [5, 5.41) is 3.68. The van der Waals surface area contributed by atoms with Gasteiger partial charge in [-0.25, -0.2) is 0 Å². The number of para-hydroxylation sites is 1. The van der Waals surface area contributed by atoms with Crippen LogP contribution in [0.3, 0.4) is 0 Å². The summed E-state index contributed by atoms with van der Waals surface area (Å²) >= 11 is 8.05. The number of nitrogens with one attached hydrogen (secondary N) is 1. The standard InChI is InChI=1S/C16H15ClINO/c17-13-10-8-12(9-11-13)4-3-7-16(20)19-15-6-2-1-5-14(15)18/h1-2,5-6,8-11H,3-4,7H2,(H,19,20). The minimum absolute atomic E-state index is 0.0584. The average molecular weight is 400 g/mol. The number of aryl methyl sites for hydroxylation is 1. The van der Waals surface area contributed by atoms with Gasteiger partial charge in [0.15, 0.2) is 0 Å². The van der Waals surface area contributed by atoms with Gasteiger partial charge < -0.3 is 5.32 Å². The number of halogens is 2. The Morgan fingerprint density at radius 1 is 1.10 bits per heavy atom.